The van der Waals surface area contributed by atoms with Crippen molar-refractivity contribution in [2.24, 2.45) is 7.05 Å². The van der Waals surface area contributed by atoms with E-state index in [1.165, 1.54) is 16.8 Å². The maximum absolute atomic E-state index is 13.0. The van der Waals surface area contributed by atoms with E-state index < -0.39 is 0 Å². The van der Waals surface area contributed by atoms with Gasteiger partial charge in [0.05, 0.1) is 11.9 Å². The quantitative estimate of drug-likeness (QED) is 0.865. The van der Waals surface area contributed by atoms with Crippen molar-refractivity contribution in [2.45, 2.75) is 25.4 Å². The van der Waals surface area contributed by atoms with Crippen LogP contribution in [0.25, 0.3) is 0 Å². The summed E-state index contributed by atoms with van der Waals surface area (Å²) >= 11 is 3.34. The molecule has 1 aliphatic rings. The highest BCUT2D eigenvalue weighted by atomic mass is 79.9. The predicted molar refractivity (Wildman–Crippen MR) is 95.5 cm³/mol. The molecule has 1 saturated heterocycles. The molecule has 1 fully saturated rings. The highest BCUT2D eigenvalue weighted by molar-refractivity contribution is 9.10. The van der Waals surface area contributed by atoms with E-state index in [9.17, 15) is 9.18 Å². The molecule has 2 heterocycles. The zero-order valence-corrected chi connectivity index (χ0v) is 15.1. The van der Waals surface area contributed by atoms with E-state index in [-0.39, 0.29) is 11.4 Å². The molecule has 1 aromatic heterocycles. The van der Waals surface area contributed by atoms with Gasteiger partial charge in [-0.1, -0.05) is 12.1 Å². The molecule has 0 saturated carbocycles. The van der Waals surface area contributed by atoms with Crippen LogP contribution in [0.3, 0.4) is 0 Å². The van der Waals surface area contributed by atoms with Gasteiger partial charge in [0.15, 0.2) is 0 Å². The summed E-state index contributed by atoms with van der Waals surface area (Å²) in [6.07, 6.45) is 3.65. The van der Waals surface area contributed by atoms with E-state index in [4.69, 9.17) is 0 Å². The van der Waals surface area contributed by atoms with Crippen LogP contribution < -0.4 is 10.9 Å². The molecule has 0 radical (unpaired) electrons. The van der Waals surface area contributed by atoms with Gasteiger partial charge in [-0.05, 0) is 46.5 Å². The lowest BCUT2D eigenvalue weighted by atomic mass is 10.0. The van der Waals surface area contributed by atoms with Gasteiger partial charge in [0.25, 0.3) is 5.56 Å². The minimum Gasteiger partial charge on any atom is -0.380 e. The number of hydrogen-bond acceptors (Lipinski definition) is 4. The summed E-state index contributed by atoms with van der Waals surface area (Å²) in [5, 5.41) is 7.46. The molecule has 1 aliphatic heterocycles. The van der Waals surface area contributed by atoms with Crippen LogP contribution >= 0.6 is 15.9 Å². The summed E-state index contributed by atoms with van der Waals surface area (Å²) in [4.78, 5) is 14.3. The molecule has 1 aromatic carbocycles. The maximum atomic E-state index is 13.0. The first-order valence-corrected chi connectivity index (χ1v) is 8.77. The minimum absolute atomic E-state index is 0.145. The van der Waals surface area contributed by atoms with Crippen molar-refractivity contribution in [1.82, 2.24) is 14.7 Å². The van der Waals surface area contributed by atoms with Crippen molar-refractivity contribution in [3.05, 3.63) is 56.7 Å². The average molecular weight is 395 g/mol. The molecule has 0 aliphatic carbocycles. The van der Waals surface area contributed by atoms with Crippen molar-refractivity contribution in [3.63, 3.8) is 0 Å². The Labute approximate surface area is 148 Å². The highest BCUT2D eigenvalue weighted by Crippen LogP contribution is 2.21. The fourth-order valence-corrected chi connectivity index (χ4v) is 3.39. The van der Waals surface area contributed by atoms with Gasteiger partial charge in [0, 0.05) is 32.7 Å². The number of halogens is 2. The summed E-state index contributed by atoms with van der Waals surface area (Å²) in [5.41, 5.74) is 1.73. The van der Waals surface area contributed by atoms with Crippen LogP contribution in [0.4, 0.5) is 10.1 Å². The molecule has 24 heavy (non-hydrogen) atoms. The van der Waals surface area contributed by atoms with E-state index in [1.54, 1.807) is 13.2 Å². The van der Waals surface area contributed by atoms with Crippen LogP contribution in [0.2, 0.25) is 0 Å². The van der Waals surface area contributed by atoms with E-state index in [1.807, 2.05) is 12.1 Å². The summed E-state index contributed by atoms with van der Waals surface area (Å²) in [6.45, 7) is 2.76. The third-order valence-corrected chi connectivity index (χ3v) is 5.11. The molecule has 1 N–H and O–H groups in total. The SMILES string of the molecule is Cn1ncc(NC2CCN(Cc3ccc(F)cc3)CC2)c(Br)c1=O. The Morgan fingerprint density at radius 2 is 1.96 bits per heavy atom. The van der Waals surface area contributed by atoms with Gasteiger partial charge in [-0.2, -0.15) is 5.10 Å². The zero-order chi connectivity index (χ0) is 17.1. The number of rotatable bonds is 4. The normalized spacial score (nSPS) is 16.3. The number of likely N-dealkylation sites (tertiary alicyclic amines) is 1. The molecule has 0 atom stereocenters. The molecule has 5 nitrogen and oxygen atoms in total. The fourth-order valence-electron chi connectivity index (χ4n) is 2.91. The Balaban J connectivity index is 1.55. The molecule has 7 heteroatoms. The number of anilines is 1. The molecular formula is C17H20BrFN4O. The Morgan fingerprint density at radius 3 is 2.62 bits per heavy atom. The Kier molecular flexibility index (Phi) is 5.30. The van der Waals surface area contributed by atoms with Gasteiger partial charge < -0.3 is 5.32 Å². The lowest BCUT2D eigenvalue weighted by molar-refractivity contribution is 0.211. The second-order valence-corrected chi connectivity index (χ2v) is 6.92. The van der Waals surface area contributed by atoms with Gasteiger partial charge in [-0.15, -0.1) is 0 Å². The van der Waals surface area contributed by atoms with Gasteiger partial charge in [0.1, 0.15) is 10.3 Å². The summed E-state index contributed by atoms with van der Waals surface area (Å²) in [5.74, 6) is -0.199. The topological polar surface area (TPSA) is 50.2 Å². The molecular weight excluding hydrogens is 375 g/mol. The van der Waals surface area contributed by atoms with Gasteiger partial charge in [-0.3, -0.25) is 9.69 Å². The predicted octanol–water partition coefficient (Wildman–Crippen LogP) is 2.76. The van der Waals surface area contributed by atoms with E-state index in [0.717, 1.165) is 43.7 Å². The number of nitrogens with one attached hydrogen (secondary N) is 1. The first-order valence-electron chi connectivity index (χ1n) is 7.98. The van der Waals surface area contributed by atoms with E-state index in [0.29, 0.717) is 10.5 Å². The van der Waals surface area contributed by atoms with Crippen LogP contribution in [0.15, 0.2) is 39.7 Å². The number of aromatic nitrogens is 2. The van der Waals surface area contributed by atoms with Crippen molar-refractivity contribution in [2.75, 3.05) is 18.4 Å². The Morgan fingerprint density at radius 1 is 1.29 bits per heavy atom. The second-order valence-electron chi connectivity index (χ2n) is 6.12. The first kappa shape index (κ1) is 17.1. The largest absolute Gasteiger partial charge is 0.380 e. The number of aryl methyl sites for hydroxylation is 1. The number of piperidine rings is 1. The summed E-state index contributed by atoms with van der Waals surface area (Å²) < 4.78 is 14.8. The lowest BCUT2D eigenvalue weighted by Crippen LogP contribution is -2.39. The van der Waals surface area contributed by atoms with Crippen molar-refractivity contribution < 1.29 is 4.39 Å². The Hall–Kier alpha value is -1.73. The molecule has 128 valence electrons. The minimum atomic E-state index is -0.199. The third kappa shape index (κ3) is 4.02. The second kappa shape index (κ2) is 7.44. The molecule has 0 amide bonds. The highest BCUT2D eigenvalue weighted by Gasteiger charge is 2.20. The zero-order valence-electron chi connectivity index (χ0n) is 13.5. The number of benzene rings is 1. The van der Waals surface area contributed by atoms with Crippen LogP contribution in [0.5, 0.6) is 0 Å². The monoisotopic (exact) mass is 394 g/mol. The summed E-state index contributed by atoms with van der Waals surface area (Å²) in [6, 6.07) is 7.00. The van der Waals surface area contributed by atoms with Crippen molar-refractivity contribution >= 4 is 21.6 Å². The lowest BCUT2D eigenvalue weighted by Gasteiger charge is -2.33. The maximum Gasteiger partial charge on any atom is 0.282 e. The van der Waals surface area contributed by atoms with Gasteiger partial charge in [0.2, 0.25) is 0 Å². The molecule has 0 spiro atoms. The Bertz CT molecular complexity index is 754. The van der Waals surface area contributed by atoms with Crippen LogP contribution in [0.1, 0.15) is 18.4 Å². The van der Waals surface area contributed by atoms with E-state index in [2.05, 4.69) is 31.2 Å². The van der Waals surface area contributed by atoms with Gasteiger partial charge in [-0.25, -0.2) is 9.07 Å². The fraction of sp³-hybridized carbons (Fsp3) is 0.412. The van der Waals surface area contributed by atoms with Crippen LogP contribution in [0, 0.1) is 5.82 Å². The molecule has 3 rings (SSSR count). The van der Waals surface area contributed by atoms with E-state index >= 15 is 0 Å². The average Bonchev–Trinajstić information content (AvgIpc) is 2.59. The van der Waals surface area contributed by atoms with Crippen LogP contribution in [-0.2, 0) is 13.6 Å². The van der Waals surface area contributed by atoms with Crippen molar-refractivity contribution in [3.8, 4) is 0 Å². The molecule has 2 aromatic rings. The third-order valence-electron chi connectivity index (χ3n) is 4.34. The molecule has 0 bridgehead atoms. The van der Waals surface area contributed by atoms with Crippen molar-refractivity contribution in [1.29, 1.82) is 0 Å². The molecule has 0 unspecified atom stereocenters. The smallest absolute Gasteiger partial charge is 0.282 e. The first-order chi connectivity index (χ1) is 11.5. The van der Waals surface area contributed by atoms with Gasteiger partial charge >= 0.3 is 0 Å². The summed E-state index contributed by atoms with van der Waals surface area (Å²) in [7, 11) is 1.63. The standard InChI is InChI=1S/C17H20BrFN4O/c1-22-17(24)16(18)15(10-20-22)21-14-6-8-23(9-7-14)11-12-2-4-13(19)5-3-12/h2-5,10,14,21H,6-9,11H2,1H3. The van der Waals surface area contributed by atoms with Crippen LogP contribution in [-0.4, -0.2) is 33.8 Å². The number of hydrogen-bond donors (Lipinski definition) is 1. The number of nitrogens with zero attached hydrogens (tertiary/aromatic N) is 3.